The molecule has 1 amide bonds. The molecule has 6 heterocycles. The maximum Gasteiger partial charge on any atom is 0.222 e. The van der Waals surface area contributed by atoms with Crippen molar-refractivity contribution in [2.24, 2.45) is 5.41 Å². The Morgan fingerprint density at radius 3 is 0.980 bits per heavy atom. The Morgan fingerprint density at radius 2 is 0.900 bits per heavy atom. The van der Waals surface area contributed by atoms with Gasteiger partial charge in [-0.25, -0.2) is 0 Å². The molecule has 1 radical (unpaired) electrons. The number of rotatable bonds is 2. The van der Waals surface area contributed by atoms with E-state index in [1.807, 2.05) is 88.2 Å². The summed E-state index contributed by atoms with van der Waals surface area (Å²) in [5.74, 6) is 0.292. The predicted octanol–water partition coefficient (Wildman–Crippen LogP) is 8.04. The van der Waals surface area contributed by atoms with E-state index >= 15 is 0 Å². The second-order valence-electron chi connectivity index (χ2n) is 12.4. The van der Waals surface area contributed by atoms with Crippen molar-refractivity contribution in [1.82, 2.24) is 29.4 Å². The summed E-state index contributed by atoms with van der Waals surface area (Å²) in [6.07, 6.45) is 10.3. The molecule has 305 valence electrons. The first kappa shape index (κ1) is 62.3. The van der Waals surface area contributed by atoms with Gasteiger partial charge in [0, 0.05) is 71.2 Å². The zero-order valence-corrected chi connectivity index (χ0v) is 40.2. The number of carbonyl (C=O) groups is 1. The Hall–Kier alpha value is 0.334. The van der Waals surface area contributed by atoms with Gasteiger partial charge in [0.05, 0.1) is 13.2 Å². The topological polar surface area (TPSA) is 45.7 Å². The number of nitrogens with zero attached hydrogens (tertiary/aromatic N) is 6. The molecule has 8 nitrogen and oxygen atoms in total. The molecule has 0 aromatic heterocycles. The molecule has 0 saturated carbocycles. The summed E-state index contributed by atoms with van der Waals surface area (Å²) in [5.41, 5.74) is 0.620. The van der Waals surface area contributed by atoms with Crippen LogP contribution in [0.3, 0.4) is 0 Å². The van der Waals surface area contributed by atoms with Crippen LogP contribution in [0, 0.1) is 19.3 Å². The van der Waals surface area contributed by atoms with E-state index in [9.17, 15) is 4.79 Å². The first-order valence-electron chi connectivity index (χ1n) is 20.4. The average Bonchev–Trinajstić information content (AvgIpc) is 3.76. The van der Waals surface area contributed by atoms with Crippen molar-refractivity contribution < 1.29 is 42.2 Å². The Kier molecular flexibility index (Phi) is 59.0. The van der Waals surface area contributed by atoms with Gasteiger partial charge in [0.2, 0.25) is 5.91 Å². The van der Waals surface area contributed by atoms with E-state index in [2.05, 4.69) is 61.6 Å². The van der Waals surface area contributed by atoms with E-state index in [0.717, 1.165) is 45.7 Å². The second kappa shape index (κ2) is 47.4. The SMILES string of the molecule is CC.CC.CC.CC.CC.CN1CC2(COC2)C1.CN1CCC1.CN1CCCC1.CN1CCCC1=O.CN1CCCCC1.[CH2-]CN(C)C[CH2-].[Y]. The van der Waals surface area contributed by atoms with Gasteiger partial charge in [-0.05, 0) is 113 Å². The number of piperidine rings is 1. The van der Waals surface area contributed by atoms with Crippen LogP contribution in [0.5, 0.6) is 0 Å². The molecule has 0 N–H and O–H groups in total. The fraction of sp³-hybridized carbons (Fsp3) is 0.927. The van der Waals surface area contributed by atoms with Crippen molar-refractivity contribution in [3.05, 3.63) is 13.8 Å². The summed E-state index contributed by atoms with van der Waals surface area (Å²) in [6.45, 7) is 42.4. The summed E-state index contributed by atoms with van der Waals surface area (Å²) >= 11 is 0. The number of amides is 1. The van der Waals surface area contributed by atoms with Gasteiger partial charge in [-0.15, -0.1) is 13.1 Å². The number of likely N-dealkylation sites (tertiary alicyclic amines) is 5. The monoisotopic (exact) mass is 792 g/mol. The summed E-state index contributed by atoms with van der Waals surface area (Å²) < 4.78 is 5.10. The van der Waals surface area contributed by atoms with Gasteiger partial charge in [0.25, 0.3) is 0 Å². The first-order chi connectivity index (χ1) is 23.6. The quantitative estimate of drug-likeness (QED) is 0.263. The maximum atomic E-state index is 10.5. The summed E-state index contributed by atoms with van der Waals surface area (Å²) in [4.78, 5) is 23.7. The molecule has 0 unspecified atom stereocenters. The van der Waals surface area contributed by atoms with Gasteiger partial charge in [0.1, 0.15) is 0 Å². The predicted molar refractivity (Wildman–Crippen MR) is 223 cm³/mol. The van der Waals surface area contributed by atoms with Crippen LogP contribution in [0.2, 0.25) is 0 Å². The third-order valence-electron chi connectivity index (χ3n) is 8.09. The van der Waals surface area contributed by atoms with Crippen molar-refractivity contribution in [2.75, 3.05) is 127 Å². The van der Waals surface area contributed by atoms with E-state index in [-0.39, 0.29) is 32.7 Å². The van der Waals surface area contributed by atoms with Crippen LogP contribution in [0.4, 0.5) is 0 Å². The van der Waals surface area contributed by atoms with Crippen molar-refractivity contribution in [3.63, 3.8) is 0 Å². The molecule has 6 rings (SSSR count). The van der Waals surface area contributed by atoms with Gasteiger partial charge >= 0.3 is 0 Å². The molecule has 1 spiro atoms. The van der Waals surface area contributed by atoms with Gasteiger partial charge in [-0.2, -0.15) is 0 Å². The zero-order chi connectivity index (χ0) is 39.1. The number of carbonyl (C=O) groups excluding carboxylic acids is 1. The maximum absolute atomic E-state index is 10.5. The Morgan fingerprint density at radius 1 is 0.560 bits per heavy atom. The fourth-order valence-electron chi connectivity index (χ4n) is 4.97. The van der Waals surface area contributed by atoms with Crippen LogP contribution >= 0.6 is 0 Å². The molecule has 6 saturated heterocycles. The van der Waals surface area contributed by atoms with Gasteiger partial charge in [-0.1, -0.05) is 75.7 Å². The van der Waals surface area contributed by atoms with E-state index < -0.39 is 0 Å². The zero-order valence-electron chi connectivity index (χ0n) is 37.3. The smallest absolute Gasteiger partial charge is 0.222 e. The molecule has 0 aromatic carbocycles. The van der Waals surface area contributed by atoms with Crippen molar-refractivity contribution in [2.45, 2.75) is 121 Å². The first-order valence-corrected chi connectivity index (χ1v) is 20.4. The Labute approximate surface area is 343 Å². The second-order valence-corrected chi connectivity index (χ2v) is 12.4. The molecular weight excluding hydrogens is 697 g/mol. The molecule has 9 heteroatoms. The van der Waals surface area contributed by atoms with Crippen molar-refractivity contribution >= 4 is 5.91 Å². The molecule has 6 aliphatic heterocycles. The average molecular weight is 792 g/mol. The van der Waals surface area contributed by atoms with E-state index in [0.29, 0.717) is 11.3 Å². The minimum absolute atomic E-state index is 0. The third kappa shape index (κ3) is 38.1. The number of ether oxygens (including phenoxy) is 1. The molecule has 0 bridgehead atoms. The minimum Gasteiger partial charge on any atom is -0.380 e. The largest absolute Gasteiger partial charge is 0.380 e. The molecule has 6 aliphatic rings. The normalized spacial score (nSPS) is 19.4. The van der Waals surface area contributed by atoms with Crippen LogP contribution in [-0.4, -0.2) is 163 Å². The van der Waals surface area contributed by atoms with Crippen LogP contribution in [0.1, 0.15) is 121 Å². The van der Waals surface area contributed by atoms with Crippen LogP contribution in [0.25, 0.3) is 0 Å². The van der Waals surface area contributed by atoms with Crippen LogP contribution in [-0.2, 0) is 42.2 Å². The summed E-state index contributed by atoms with van der Waals surface area (Å²) in [7, 11) is 12.5. The van der Waals surface area contributed by atoms with Crippen LogP contribution < -0.4 is 0 Å². The molecule has 50 heavy (non-hydrogen) atoms. The molecule has 6 fully saturated rings. The van der Waals surface area contributed by atoms with E-state index in [1.54, 1.807) is 4.90 Å². The van der Waals surface area contributed by atoms with Crippen molar-refractivity contribution in [3.8, 4) is 0 Å². The van der Waals surface area contributed by atoms with E-state index in [1.165, 1.54) is 90.9 Å². The van der Waals surface area contributed by atoms with Crippen LogP contribution in [0.15, 0.2) is 0 Å². The van der Waals surface area contributed by atoms with Gasteiger partial charge in [0.15, 0.2) is 0 Å². The Bertz CT molecular complexity index is 600. The number of hydrogen-bond donors (Lipinski definition) is 0. The molecular formula is C41H94N6O2Y-2. The van der Waals surface area contributed by atoms with Gasteiger partial charge < -0.3 is 48.0 Å². The molecule has 0 aliphatic carbocycles. The van der Waals surface area contributed by atoms with Crippen molar-refractivity contribution in [1.29, 1.82) is 0 Å². The Balaban J connectivity index is -0.000000111. The minimum atomic E-state index is 0. The molecule has 0 atom stereocenters. The van der Waals surface area contributed by atoms with Gasteiger partial charge in [-0.3, -0.25) is 4.79 Å². The third-order valence-corrected chi connectivity index (χ3v) is 8.09. The molecule has 0 aromatic rings. The fourth-order valence-corrected chi connectivity index (χ4v) is 4.97. The van der Waals surface area contributed by atoms with E-state index in [4.69, 9.17) is 4.74 Å². The standard InChI is InChI=1S/C6H11NO.C6H13N.C5H9NO.2C5H11N.C4H9N.5C2H6.Y/c1-7-2-6(3-7)4-8-5-6;1-7-5-3-2-4-6-7;1-6-4-2-3-5(6)7;1-6-4-2-3-5-6;1-4-6(3)5-2;1-5-3-2-4-5;5*1-2;/h2-5H2,1H3;2-6H2,1H3;2-4H2,1H3;2-5H2,1H3;1-2,4-5H2,3H3;2-4H2,1H3;5*1-2H3;/q;;;;-2;;;;;;;. The number of hydrogen-bond acceptors (Lipinski definition) is 7. The summed E-state index contributed by atoms with van der Waals surface area (Å²) in [5, 5.41) is 0. The summed E-state index contributed by atoms with van der Waals surface area (Å²) in [6, 6.07) is 0.